The summed E-state index contributed by atoms with van der Waals surface area (Å²) in [7, 11) is 3.32. The van der Waals surface area contributed by atoms with Crippen LogP contribution >= 0.6 is 11.6 Å². The lowest BCUT2D eigenvalue weighted by atomic mass is 10.1. The summed E-state index contributed by atoms with van der Waals surface area (Å²) in [4.78, 5) is 1.67. The Balaban J connectivity index is 2.37. The number of benzene rings is 2. The Kier molecular flexibility index (Phi) is 4.43. The van der Waals surface area contributed by atoms with E-state index in [9.17, 15) is 4.39 Å². The van der Waals surface area contributed by atoms with Crippen LogP contribution in [0.5, 0.6) is 5.75 Å². The van der Waals surface area contributed by atoms with Crippen molar-refractivity contribution in [3.05, 3.63) is 46.7 Å². The zero-order chi connectivity index (χ0) is 15.6. The van der Waals surface area contributed by atoms with Gasteiger partial charge in [0, 0.05) is 19.2 Å². The Labute approximate surface area is 128 Å². The fraction of sp³-hybridized carbons (Fsp3) is 0.200. The van der Waals surface area contributed by atoms with Crippen molar-refractivity contribution in [3.8, 4) is 5.75 Å². The number of hydrogen-bond acceptors (Lipinski definition) is 4. The minimum absolute atomic E-state index is 0.119. The fourth-order valence-corrected chi connectivity index (χ4v) is 2.36. The van der Waals surface area contributed by atoms with Crippen molar-refractivity contribution in [3.63, 3.8) is 0 Å². The SMILES string of the molecule is COc1ccccc1CN(C)c1c(N)cc(N)c(Cl)c1F. The van der Waals surface area contributed by atoms with E-state index in [1.165, 1.54) is 6.07 Å². The van der Waals surface area contributed by atoms with Gasteiger partial charge in [-0.2, -0.15) is 0 Å². The van der Waals surface area contributed by atoms with E-state index in [-0.39, 0.29) is 22.1 Å². The molecule has 21 heavy (non-hydrogen) atoms. The molecule has 2 aromatic rings. The Morgan fingerprint density at radius 1 is 1.24 bits per heavy atom. The van der Waals surface area contributed by atoms with Gasteiger partial charge in [0.2, 0.25) is 0 Å². The van der Waals surface area contributed by atoms with Crippen molar-refractivity contribution in [2.75, 3.05) is 30.5 Å². The first-order valence-corrected chi connectivity index (χ1v) is 6.69. The molecule has 4 nitrogen and oxygen atoms in total. The summed E-state index contributed by atoms with van der Waals surface area (Å²) in [5, 5.41) is -0.119. The van der Waals surface area contributed by atoms with E-state index in [0.29, 0.717) is 6.54 Å². The third kappa shape index (κ3) is 2.97. The van der Waals surface area contributed by atoms with Crippen LogP contribution in [0.1, 0.15) is 5.56 Å². The highest BCUT2D eigenvalue weighted by Crippen LogP contribution is 2.36. The monoisotopic (exact) mass is 309 g/mol. The molecule has 2 rings (SSSR count). The minimum Gasteiger partial charge on any atom is -0.496 e. The maximum atomic E-state index is 14.3. The molecule has 112 valence electrons. The molecule has 0 atom stereocenters. The van der Waals surface area contributed by atoms with Crippen LogP contribution < -0.4 is 21.1 Å². The molecule has 0 saturated heterocycles. The lowest BCUT2D eigenvalue weighted by Gasteiger charge is -2.23. The van der Waals surface area contributed by atoms with Crippen LogP contribution in [0, 0.1) is 5.82 Å². The van der Waals surface area contributed by atoms with E-state index in [0.717, 1.165) is 11.3 Å². The average Bonchev–Trinajstić information content (AvgIpc) is 2.45. The van der Waals surface area contributed by atoms with E-state index in [4.69, 9.17) is 27.8 Å². The number of methoxy groups -OCH3 is 1. The first-order chi connectivity index (χ1) is 9.95. The number of halogens is 2. The summed E-state index contributed by atoms with van der Waals surface area (Å²) in [6.45, 7) is 0.422. The van der Waals surface area contributed by atoms with Gasteiger partial charge in [0.25, 0.3) is 0 Å². The second-order valence-electron chi connectivity index (χ2n) is 4.70. The molecule has 0 heterocycles. The molecule has 6 heteroatoms. The first kappa shape index (κ1) is 15.3. The molecule has 0 aliphatic heterocycles. The fourth-order valence-electron chi connectivity index (χ4n) is 2.21. The number of ether oxygens (including phenoxy) is 1. The van der Waals surface area contributed by atoms with Crippen LogP contribution in [-0.2, 0) is 6.54 Å². The quantitative estimate of drug-likeness (QED) is 0.851. The molecule has 0 fully saturated rings. The Bertz CT molecular complexity index is 664. The van der Waals surface area contributed by atoms with Crippen molar-refractivity contribution >= 4 is 28.7 Å². The van der Waals surface area contributed by atoms with E-state index in [1.807, 2.05) is 24.3 Å². The zero-order valence-electron chi connectivity index (χ0n) is 11.9. The van der Waals surface area contributed by atoms with Gasteiger partial charge in [-0.3, -0.25) is 0 Å². The Morgan fingerprint density at radius 2 is 1.90 bits per heavy atom. The topological polar surface area (TPSA) is 64.5 Å². The molecule has 0 unspecified atom stereocenters. The van der Waals surface area contributed by atoms with E-state index < -0.39 is 5.82 Å². The van der Waals surface area contributed by atoms with Crippen LogP contribution in [0.3, 0.4) is 0 Å². The van der Waals surface area contributed by atoms with Gasteiger partial charge >= 0.3 is 0 Å². The maximum Gasteiger partial charge on any atom is 0.169 e. The molecule has 0 radical (unpaired) electrons. The van der Waals surface area contributed by atoms with Crippen LogP contribution in [0.4, 0.5) is 21.5 Å². The van der Waals surface area contributed by atoms with Gasteiger partial charge < -0.3 is 21.1 Å². The van der Waals surface area contributed by atoms with Crippen molar-refractivity contribution in [1.29, 1.82) is 0 Å². The third-order valence-corrected chi connectivity index (χ3v) is 3.60. The smallest absolute Gasteiger partial charge is 0.169 e. The number of hydrogen-bond donors (Lipinski definition) is 2. The van der Waals surface area contributed by atoms with Gasteiger partial charge in [-0.15, -0.1) is 0 Å². The number of para-hydroxylation sites is 1. The van der Waals surface area contributed by atoms with E-state index in [2.05, 4.69) is 0 Å². The molecule has 0 bridgehead atoms. The minimum atomic E-state index is -0.619. The van der Waals surface area contributed by atoms with Crippen LogP contribution in [0.15, 0.2) is 30.3 Å². The van der Waals surface area contributed by atoms with Gasteiger partial charge in [0.1, 0.15) is 10.8 Å². The molecule has 0 aliphatic carbocycles. The maximum absolute atomic E-state index is 14.3. The standard InChI is InChI=1S/C15H17ClFN3O/c1-20(8-9-5-3-4-6-12(9)21-2)15-11(19)7-10(18)13(16)14(15)17/h3-7H,8,18-19H2,1-2H3. The molecular weight excluding hydrogens is 293 g/mol. The molecule has 2 aromatic carbocycles. The highest BCUT2D eigenvalue weighted by molar-refractivity contribution is 6.33. The van der Waals surface area contributed by atoms with E-state index in [1.54, 1.807) is 19.1 Å². The van der Waals surface area contributed by atoms with Crippen LogP contribution in [-0.4, -0.2) is 14.2 Å². The van der Waals surface area contributed by atoms with Gasteiger partial charge in [0.05, 0.1) is 24.2 Å². The summed E-state index contributed by atoms with van der Waals surface area (Å²) in [6.07, 6.45) is 0. The lowest BCUT2D eigenvalue weighted by Crippen LogP contribution is -2.20. The molecule has 0 amide bonds. The van der Waals surface area contributed by atoms with Gasteiger partial charge in [0.15, 0.2) is 5.82 Å². The number of nitrogen functional groups attached to an aromatic ring is 2. The second kappa shape index (κ2) is 6.10. The second-order valence-corrected chi connectivity index (χ2v) is 5.08. The van der Waals surface area contributed by atoms with Crippen LogP contribution in [0.25, 0.3) is 0 Å². The lowest BCUT2D eigenvalue weighted by molar-refractivity contribution is 0.409. The highest BCUT2D eigenvalue weighted by Gasteiger charge is 2.18. The van der Waals surface area contributed by atoms with E-state index >= 15 is 0 Å². The molecule has 0 aliphatic rings. The van der Waals surface area contributed by atoms with Gasteiger partial charge in [-0.1, -0.05) is 29.8 Å². The summed E-state index contributed by atoms with van der Waals surface area (Å²) < 4.78 is 19.6. The predicted molar refractivity (Wildman–Crippen MR) is 85.3 cm³/mol. The highest BCUT2D eigenvalue weighted by atomic mass is 35.5. The van der Waals surface area contributed by atoms with Gasteiger partial charge in [-0.25, -0.2) is 4.39 Å². The summed E-state index contributed by atoms with van der Waals surface area (Å²) in [5.41, 5.74) is 13.0. The molecule has 0 spiro atoms. The number of nitrogens with zero attached hydrogens (tertiary/aromatic N) is 1. The van der Waals surface area contributed by atoms with Crippen molar-refractivity contribution in [1.82, 2.24) is 0 Å². The number of anilines is 3. The first-order valence-electron chi connectivity index (χ1n) is 6.31. The van der Waals surface area contributed by atoms with Crippen molar-refractivity contribution < 1.29 is 9.13 Å². The van der Waals surface area contributed by atoms with Crippen molar-refractivity contribution in [2.45, 2.75) is 6.54 Å². The molecule has 0 aromatic heterocycles. The largest absolute Gasteiger partial charge is 0.496 e. The summed E-state index contributed by atoms with van der Waals surface area (Å²) in [5.74, 6) is 0.108. The molecular formula is C15H17ClFN3O. The average molecular weight is 310 g/mol. The molecule has 4 N–H and O–H groups in total. The van der Waals surface area contributed by atoms with Crippen molar-refractivity contribution in [2.24, 2.45) is 0 Å². The Morgan fingerprint density at radius 3 is 2.57 bits per heavy atom. The predicted octanol–water partition coefficient (Wildman–Crippen LogP) is 3.29. The zero-order valence-corrected chi connectivity index (χ0v) is 12.6. The normalized spacial score (nSPS) is 10.5. The summed E-state index contributed by atoms with van der Waals surface area (Å²) in [6, 6.07) is 8.97. The number of nitrogens with two attached hydrogens (primary N) is 2. The number of rotatable bonds is 4. The summed E-state index contributed by atoms with van der Waals surface area (Å²) >= 11 is 5.85. The molecule has 0 saturated carbocycles. The van der Waals surface area contributed by atoms with Crippen LogP contribution in [0.2, 0.25) is 5.02 Å². The third-order valence-electron chi connectivity index (χ3n) is 3.22. The Hall–Kier alpha value is -2.14. The van der Waals surface area contributed by atoms with Gasteiger partial charge in [-0.05, 0) is 12.1 Å².